The average molecular weight is 369 g/mol. The molecule has 0 spiro atoms. The molecule has 2 unspecified atom stereocenters. The van der Waals surface area contributed by atoms with Crippen molar-refractivity contribution >= 4 is 35.7 Å². The van der Waals surface area contributed by atoms with E-state index in [-0.39, 0.29) is 36.4 Å². The first-order valence-corrected chi connectivity index (χ1v) is 8.49. The Kier molecular flexibility index (Phi) is 7.49. The Bertz CT molecular complexity index is 570. The van der Waals surface area contributed by atoms with Crippen LogP contribution >= 0.6 is 12.4 Å². The van der Waals surface area contributed by atoms with E-state index in [1.807, 2.05) is 0 Å². The van der Waals surface area contributed by atoms with E-state index < -0.39 is 0 Å². The monoisotopic (exact) mass is 368 g/mol. The van der Waals surface area contributed by atoms with Gasteiger partial charge in [0.2, 0.25) is 5.91 Å². The van der Waals surface area contributed by atoms with Crippen molar-refractivity contribution in [2.45, 2.75) is 25.4 Å². The quantitative estimate of drug-likeness (QED) is 0.639. The summed E-state index contributed by atoms with van der Waals surface area (Å²) in [6.07, 6.45) is 3.04. The summed E-state index contributed by atoms with van der Waals surface area (Å²) in [4.78, 5) is 23.9. The van der Waals surface area contributed by atoms with E-state index in [1.54, 1.807) is 24.3 Å². The van der Waals surface area contributed by atoms with E-state index >= 15 is 0 Å². The Hall–Kier alpha value is -1.83. The summed E-state index contributed by atoms with van der Waals surface area (Å²) < 4.78 is 5.46. The van der Waals surface area contributed by atoms with Crippen LogP contribution in [0.5, 0.6) is 0 Å². The average Bonchev–Trinajstić information content (AvgIpc) is 3.28. The Balaban J connectivity index is 0.00000225. The summed E-state index contributed by atoms with van der Waals surface area (Å²) >= 11 is 0. The molecule has 0 saturated carbocycles. The van der Waals surface area contributed by atoms with Crippen LogP contribution in [0.2, 0.25) is 0 Å². The van der Waals surface area contributed by atoms with Crippen LogP contribution in [0.4, 0.5) is 16.2 Å². The fraction of sp³-hybridized carbons (Fsp3) is 0.529. The van der Waals surface area contributed by atoms with Crippen molar-refractivity contribution in [3.05, 3.63) is 24.3 Å². The van der Waals surface area contributed by atoms with Crippen LogP contribution in [0.25, 0.3) is 0 Å². The molecule has 8 heteroatoms. The first kappa shape index (κ1) is 19.5. The molecule has 2 saturated heterocycles. The zero-order valence-electron chi connectivity index (χ0n) is 14.0. The van der Waals surface area contributed by atoms with Crippen molar-refractivity contribution in [3.8, 4) is 0 Å². The molecule has 7 nitrogen and oxygen atoms in total. The van der Waals surface area contributed by atoms with Gasteiger partial charge in [-0.2, -0.15) is 0 Å². The van der Waals surface area contributed by atoms with E-state index in [0.29, 0.717) is 12.2 Å². The van der Waals surface area contributed by atoms with Crippen molar-refractivity contribution in [1.82, 2.24) is 10.6 Å². The lowest BCUT2D eigenvalue weighted by molar-refractivity contribution is -0.119. The molecule has 2 heterocycles. The molecular weight excluding hydrogens is 344 g/mol. The fourth-order valence-electron chi connectivity index (χ4n) is 2.95. The summed E-state index contributed by atoms with van der Waals surface area (Å²) in [5, 5.41) is 11.7. The number of halogens is 1. The summed E-state index contributed by atoms with van der Waals surface area (Å²) in [6, 6.07) is 6.87. The van der Waals surface area contributed by atoms with Gasteiger partial charge in [0.1, 0.15) is 0 Å². The molecule has 2 fully saturated rings. The van der Waals surface area contributed by atoms with Gasteiger partial charge in [-0.3, -0.25) is 4.79 Å². The maximum atomic E-state index is 12.0. The fourth-order valence-corrected chi connectivity index (χ4v) is 2.95. The Morgan fingerprint density at radius 1 is 1.12 bits per heavy atom. The van der Waals surface area contributed by atoms with Crippen LogP contribution in [-0.2, 0) is 9.53 Å². The third-order valence-electron chi connectivity index (χ3n) is 4.36. The lowest BCUT2D eigenvalue weighted by Crippen LogP contribution is -2.35. The van der Waals surface area contributed by atoms with Crippen molar-refractivity contribution in [2.24, 2.45) is 5.92 Å². The molecule has 3 rings (SSSR count). The first-order chi connectivity index (χ1) is 11.7. The zero-order chi connectivity index (χ0) is 16.8. The van der Waals surface area contributed by atoms with Gasteiger partial charge in [-0.15, -0.1) is 12.4 Å². The van der Waals surface area contributed by atoms with E-state index in [4.69, 9.17) is 4.74 Å². The molecule has 25 heavy (non-hydrogen) atoms. The van der Waals surface area contributed by atoms with E-state index in [9.17, 15) is 9.59 Å². The lowest BCUT2D eigenvalue weighted by atomic mass is 10.1. The third-order valence-corrected chi connectivity index (χ3v) is 4.36. The van der Waals surface area contributed by atoms with Gasteiger partial charge in [-0.25, -0.2) is 4.79 Å². The van der Waals surface area contributed by atoms with Gasteiger partial charge in [0.15, 0.2) is 0 Å². The minimum Gasteiger partial charge on any atom is -0.376 e. The highest BCUT2D eigenvalue weighted by molar-refractivity contribution is 5.93. The summed E-state index contributed by atoms with van der Waals surface area (Å²) in [5.74, 6) is 0.0707. The number of carbonyl (C=O) groups excluding carboxylic acids is 2. The smallest absolute Gasteiger partial charge is 0.319 e. The molecule has 138 valence electrons. The summed E-state index contributed by atoms with van der Waals surface area (Å²) in [5.41, 5.74) is 1.41. The maximum absolute atomic E-state index is 12.0. The van der Waals surface area contributed by atoms with Gasteiger partial charge in [0.25, 0.3) is 0 Å². The van der Waals surface area contributed by atoms with E-state index in [2.05, 4.69) is 21.3 Å². The molecule has 2 atom stereocenters. The molecule has 1 aromatic rings. The number of nitrogens with one attached hydrogen (secondary N) is 4. The van der Waals surface area contributed by atoms with Crippen molar-refractivity contribution in [2.75, 3.05) is 36.9 Å². The standard InChI is InChI=1S/C17H24N4O3.ClH/c22-16(12-7-8-18-10-12)20-13-3-5-14(6-4-13)21-17(23)19-11-15-2-1-9-24-15;/h3-6,12,15,18H,1-2,7-11H2,(H,20,22)(H2,19,21,23);1H. The summed E-state index contributed by atoms with van der Waals surface area (Å²) in [7, 11) is 0. The summed E-state index contributed by atoms with van der Waals surface area (Å²) in [6.45, 7) is 2.92. The number of urea groups is 1. The Labute approximate surface area is 153 Å². The molecule has 0 bridgehead atoms. The number of carbonyl (C=O) groups is 2. The first-order valence-electron chi connectivity index (χ1n) is 8.49. The number of benzene rings is 1. The molecule has 2 aliphatic heterocycles. The topological polar surface area (TPSA) is 91.5 Å². The molecule has 0 aliphatic carbocycles. The maximum Gasteiger partial charge on any atom is 0.319 e. The minimum atomic E-state index is -0.251. The van der Waals surface area contributed by atoms with Gasteiger partial charge in [-0.05, 0) is 50.1 Å². The number of amides is 3. The largest absolute Gasteiger partial charge is 0.376 e. The SMILES string of the molecule is Cl.O=C(NCC1CCCO1)Nc1ccc(NC(=O)C2CCNC2)cc1. The highest BCUT2D eigenvalue weighted by Crippen LogP contribution is 2.16. The van der Waals surface area contributed by atoms with Gasteiger partial charge in [0, 0.05) is 31.1 Å². The number of hydrogen-bond acceptors (Lipinski definition) is 4. The molecular formula is C17H25ClN4O3. The molecule has 4 N–H and O–H groups in total. The predicted molar refractivity (Wildman–Crippen MR) is 99.3 cm³/mol. The molecule has 3 amide bonds. The van der Waals surface area contributed by atoms with Gasteiger partial charge >= 0.3 is 6.03 Å². The highest BCUT2D eigenvalue weighted by Gasteiger charge is 2.22. The highest BCUT2D eigenvalue weighted by atomic mass is 35.5. The van der Waals surface area contributed by atoms with Gasteiger partial charge < -0.3 is 26.0 Å². The van der Waals surface area contributed by atoms with Crippen LogP contribution in [0, 0.1) is 5.92 Å². The minimum absolute atomic E-state index is 0. The van der Waals surface area contributed by atoms with Crippen molar-refractivity contribution in [3.63, 3.8) is 0 Å². The lowest BCUT2D eigenvalue weighted by Gasteiger charge is -2.13. The molecule has 2 aliphatic rings. The number of rotatable bonds is 5. The number of hydrogen-bond donors (Lipinski definition) is 4. The Morgan fingerprint density at radius 2 is 1.84 bits per heavy atom. The predicted octanol–water partition coefficient (Wildman–Crippen LogP) is 1.96. The van der Waals surface area contributed by atoms with Crippen LogP contribution in [0.3, 0.4) is 0 Å². The van der Waals surface area contributed by atoms with Crippen LogP contribution < -0.4 is 21.3 Å². The van der Waals surface area contributed by atoms with Gasteiger partial charge in [-0.1, -0.05) is 0 Å². The van der Waals surface area contributed by atoms with Crippen LogP contribution in [0.1, 0.15) is 19.3 Å². The second-order valence-corrected chi connectivity index (χ2v) is 6.23. The van der Waals surface area contributed by atoms with Crippen molar-refractivity contribution in [1.29, 1.82) is 0 Å². The second kappa shape index (κ2) is 9.60. The number of ether oxygens (including phenoxy) is 1. The zero-order valence-corrected chi connectivity index (χ0v) is 14.9. The van der Waals surface area contributed by atoms with Gasteiger partial charge in [0.05, 0.1) is 12.0 Å². The normalized spacial score (nSPS) is 22.1. The molecule has 0 radical (unpaired) electrons. The number of anilines is 2. The van der Waals surface area contributed by atoms with Crippen LogP contribution in [-0.4, -0.2) is 44.3 Å². The van der Waals surface area contributed by atoms with Crippen LogP contribution in [0.15, 0.2) is 24.3 Å². The second-order valence-electron chi connectivity index (χ2n) is 6.23. The van der Waals surface area contributed by atoms with Crippen molar-refractivity contribution < 1.29 is 14.3 Å². The van der Waals surface area contributed by atoms with E-state index in [0.717, 1.165) is 44.6 Å². The molecule has 1 aromatic carbocycles. The Morgan fingerprint density at radius 3 is 2.44 bits per heavy atom. The van der Waals surface area contributed by atoms with E-state index in [1.165, 1.54) is 0 Å². The third kappa shape index (κ3) is 5.88. The molecule has 0 aromatic heterocycles.